The van der Waals surface area contributed by atoms with Crippen LogP contribution in [-0.4, -0.2) is 9.97 Å². The fraction of sp³-hybridized carbons (Fsp3) is 0.143. The highest BCUT2D eigenvalue weighted by atomic mass is 19.4. The van der Waals surface area contributed by atoms with Crippen molar-refractivity contribution in [2.24, 2.45) is 0 Å². The standard InChI is InChI=1S/C14H9F3N2/c1-8-6-11(14(15,16)17)10-7-18-12-5-3-2-4-9(12)13(10)19-8/h2-7H,1H3. The molecule has 0 fully saturated rings. The van der Waals surface area contributed by atoms with Gasteiger partial charge in [0.15, 0.2) is 0 Å². The number of aromatic nitrogens is 2. The van der Waals surface area contributed by atoms with Crippen molar-refractivity contribution in [3.05, 3.63) is 47.8 Å². The lowest BCUT2D eigenvalue weighted by Crippen LogP contribution is -2.07. The number of aryl methyl sites for hydroxylation is 1. The van der Waals surface area contributed by atoms with Gasteiger partial charge in [0.2, 0.25) is 0 Å². The van der Waals surface area contributed by atoms with E-state index in [2.05, 4.69) is 9.97 Å². The lowest BCUT2D eigenvalue weighted by Gasteiger charge is -2.12. The Hall–Kier alpha value is -2.17. The van der Waals surface area contributed by atoms with Gasteiger partial charge in [0.1, 0.15) is 0 Å². The molecule has 0 spiro atoms. The van der Waals surface area contributed by atoms with E-state index in [0.29, 0.717) is 22.1 Å². The van der Waals surface area contributed by atoms with Crippen molar-refractivity contribution in [2.45, 2.75) is 13.1 Å². The van der Waals surface area contributed by atoms with Crippen LogP contribution in [0.2, 0.25) is 0 Å². The first-order valence-corrected chi connectivity index (χ1v) is 5.69. The summed E-state index contributed by atoms with van der Waals surface area (Å²) in [4.78, 5) is 8.31. The second kappa shape index (κ2) is 3.91. The molecule has 0 saturated carbocycles. The van der Waals surface area contributed by atoms with Gasteiger partial charge in [-0.05, 0) is 19.1 Å². The molecule has 0 aliphatic carbocycles. The van der Waals surface area contributed by atoms with Crippen molar-refractivity contribution in [3.63, 3.8) is 0 Å². The summed E-state index contributed by atoms with van der Waals surface area (Å²) in [6.07, 6.45) is -3.16. The number of hydrogen-bond donors (Lipinski definition) is 0. The number of halogens is 3. The van der Waals surface area contributed by atoms with Crippen LogP contribution in [0.15, 0.2) is 36.5 Å². The van der Waals surface area contributed by atoms with E-state index in [9.17, 15) is 13.2 Å². The molecule has 3 rings (SSSR count). The summed E-state index contributed by atoms with van der Waals surface area (Å²) in [5, 5.41) is 0.672. The van der Waals surface area contributed by atoms with Crippen LogP contribution in [0.1, 0.15) is 11.3 Å². The number of fused-ring (bicyclic) bond motifs is 3. The van der Waals surface area contributed by atoms with Crippen LogP contribution in [0, 0.1) is 6.92 Å². The van der Waals surface area contributed by atoms with E-state index in [1.807, 2.05) is 0 Å². The molecule has 19 heavy (non-hydrogen) atoms. The van der Waals surface area contributed by atoms with E-state index in [4.69, 9.17) is 0 Å². The van der Waals surface area contributed by atoms with Crippen LogP contribution in [0.3, 0.4) is 0 Å². The second-order valence-corrected chi connectivity index (χ2v) is 4.35. The van der Waals surface area contributed by atoms with Gasteiger partial charge in [0, 0.05) is 22.7 Å². The summed E-state index contributed by atoms with van der Waals surface area (Å²) in [5.41, 5.74) is 0.642. The quantitative estimate of drug-likeness (QED) is 0.570. The summed E-state index contributed by atoms with van der Waals surface area (Å²) in [7, 11) is 0. The molecule has 96 valence electrons. The zero-order valence-corrected chi connectivity index (χ0v) is 9.99. The summed E-state index contributed by atoms with van der Waals surface area (Å²) in [6.45, 7) is 1.56. The molecule has 0 N–H and O–H groups in total. The van der Waals surface area contributed by atoms with Crippen LogP contribution in [0.5, 0.6) is 0 Å². The SMILES string of the molecule is Cc1cc(C(F)(F)F)c2cnc3ccccc3c2n1. The van der Waals surface area contributed by atoms with E-state index < -0.39 is 11.7 Å². The van der Waals surface area contributed by atoms with Gasteiger partial charge in [-0.1, -0.05) is 18.2 Å². The summed E-state index contributed by atoms with van der Waals surface area (Å²) >= 11 is 0. The van der Waals surface area contributed by atoms with Gasteiger partial charge in [0.25, 0.3) is 0 Å². The van der Waals surface area contributed by atoms with Crippen LogP contribution >= 0.6 is 0 Å². The third kappa shape index (κ3) is 1.91. The van der Waals surface area contributed by atoms with Gasteiger partial charge in [-0.2, -0.15) is 13.2 Å². The Morgan fingerprint density at radius 1 is 1.05 bits per heavy atom. The Balaban J connectivity index is 2.52. The third-order valence-corrected chi connectivity index (χ3v) is 2.98. The van der Waals surface area contributed by atoms with Gasteiger partial charge >= 0.3 is 6.18 Å². The Morgan fingerprint density at radius 2 is 1.79 bits per heavy atom. The van der Waals surface area contributed by atoms with Crippen LogP contribution in [0.25, 0.3) is 21.8 Å². The Morgan fingerprint density at radius 3 is 2.53 bits per heavy atom. The van der Waals surface area contributed by atoms with Gasteiger partial charge in [-0.25, -0.2) is 0 Å². The predicted octanol–water partition coefficient (Wildman–Crippen LogP) is 4.11. The number of pyridine rings is 2. The van der Waals surface area contributed by atoms with Gasteiger partial charge in [-0.15, -0.1) is 0 Å². The van der Waals surface area contributed by atoms with E-state index >= 15 is 0 Å². The van der Waals surface area contributed by atoms with Crippen molar-refractivity contribution in [1.29, 1.82) is 0 Å². The highest BCUT2D eigenvalue weighted by molar-refractivity contribution is 6.04. The fourth-order valence-electron chi connectivity index (χ4n) is 2.17. The van der Waals surface area contributed by atoms with Gasteiger partial charge < -0.3 is 0 Å². The number of alkyl halides is 3. The van der Waals surface area contributed by atoms with Crippen molar-refractivity contribution >= 4 is 21.8 Å². The zero-order valence-electron chi connectivity index (χ0n) is 9.99. The van der Waals surface area contributed by atoms with E-state index in [-0.39, 0.29) is 5.39 Å². The van der Waals surface area contributed by atoms with Crippen molar-refractivity contribution in [3.8, 4) is 0 Å². The molecule has 0 bridgehead atoms. The molecule has 3 aromatic rings. The minimum Gasteiger partial charge on any atom is -0.255 e. The Bertz CT molecular complexity index is 779. The highest BCUT2D eigenvalue weighted by Gasteiger charge is 2.33. The van der Waals surface area contributed by atoms with Crippen LogP contribution < -0.4 is 0 Å². The molecule has 0 amide bonds. The number of rotatable bonds is 0. The lowest BCUT2D eigenvalue weighted by atomic mass is 10.1. The topological polar surface area (TPSA) is 25.8 Å². The smallest absolute Gasteiger partial charge is 0.255 e. The minimum absolute atomic E-state index is 0.0387. The number of benzene rings is 1. The molecule has 0 aliphatic heterocycles. The molecule has 0 atom stereocenters. The number of hydrogen-bond acceptors (Lipinski definition) is 2. The second-order valence-electron chi connectivity index (χ2n) is 4.35. The normalized spacial score (nSPS) is 12.2. The zero-order chi connectivity index (χ0) is 13.6. The van der Waals surface area contributed by atoms with E-state index in [1.54, 1.807) is 31.2 Å². The van der Waals surface area contributed by atoms with E-state index in [1.165, 1.54) is 6.20 Å². The molecule has 2 heterocycles. The summed E-state index contributed by atoms with van der Waals surface area (Å²) in [6, 6.07) is 8.10. The monoisotopic (exact) mass is 262 g/mol. The maximum atomic E-state index is 13.0. The van der Waals surface area contributed by atoms with Crippen molar-refractivity contribution in [1.82, 2.24) is 9.97 Å². The third-order valence-electron chi connectivity index (χ3n) is 2.98. The highest BCUT2D eigenvalue weighted by Crippen LogP contribution is 2.36. The minimum atomic E-state index is -4.41. The molecule has 0 unspecified atom stereocenters. The lowest BCUT2D eigenvalue weighted by molar-refractivity contribution is -0.136. The van der Waals surface area contributed by atoms with Crippen molar-refractivity contribution in [2.75, 3.05) is 0 Å². The molecule has 0 radical (unpaired) electrons. The van der Waals surface area contributed by atoms with Crippen molar-refractivity contribution < 1.29 is 13.2 Å². The Labute approximate surface area is 106 Å². The van der Waals surface area contributed by atoms with Crippen LogP contribution in [-0.2, 0) is 6.18 Å². The molecule has 5 heteroatoms. The first-order chi connectivity index (χ1) is 8.97. The maximum absolute atomic E-state index is 13.0. The molecule has 2 nitrogen and oxygen atoms in total. The summed E-state index contributed by atoms with van der Waals surface area (Å²) < 4.78 is 39.1. The van der Waals surface area contributed by atoms with Gasteiger partial charge in [0.05, 0.1) is 16.6 Å². The van der Waals surface area contributed by atoms with E-state index in [0.717, 1.165) is 6.07 Å². The first-order valence-electron chi connectivity index (χ1n) is 5.69. The van der Waals surface area contributed by atoms with Gasteiger partial charge in [-0.3, -0.25) is 9.97 Å². The first kappa shape index (κ1) is 11.9. The fourth-order valence-corrected chi connectivity index (χ4v) is 2.17. The molecular weight excluding hydrogens is 253 g/mol. The summed E-state index contributed by atoms with van der Waals surface area (Å²) in [5.74, 6) is 0. The number of nitrogens with zero attached hydrogens (tertiary/aromatic N) is 2. The number of para-hydroxylation sites is 1. The molecule has 1 aromatic carbocycles. The maximum Gasteiger partial charge on any atom is 0.417 e. The average Bonchev–Trinajstić information content (AvgIpc) is 2.36. The molecule has 0 saturated heterocycles. The molecule has 0 aliphatic rings. The Kier molecular flexibility index (Phi) is 2.45. The van der Waals surface area contributed by atoms with Crippen LogP contribution in [0.4, 0.5) is 13.2 Å². The predicted molar refractivity (Wildman–Crippen MR) is 66.8 cm³/mol. The molecular formula is C14H9F3N2. The molecule has 2 aromatic heterocycles. The largest absolute Gasteiger partial charge is 0.417 e. The average molecular weight is 262 g/mol.